The van der Waals surface area contributed by atoms with Crippen LogP contribution in [0.3, 0.4) is 0 Å². The molecular formula is C56H51Br2Cl2N9O3. The minimum absolute atomic E-state index is 0.00511. The maximum Gasteiger partial charge on any atom is 0.274 e. The molecule has 366 valence electrons. The van der Waals surface area contributed by atoms with Crippen LogP contribution in [0.5, 0.6) is 0 Å². The third-order valence-electron chi connectivity index (χ3n) is 14.2. The van der Waals surface area contributed by atoms with Crippen molar-refractivity contribution in [2.75, 3.05) is 19.6 Å². The third-order valence-corrected chi connectivity index (χ3v) is 15.6. The lowest BCUT2D eigenvalue weighted by atomic mass is 9.90. The second-order valence-electron chi connectivity index (χ2n) is 18.7. The van der Waals surface area contributed by atoms with Crippen LogP contribution < -0.4 is 0 Å². The molecule has 0 saturated carbocycles. The first kappa shape index (κ1) is 49.3. The van der Waals surface area contributed by atoms with Crippen molar-refractivity contribution in [3.8, 4) is 0 Å². The van der Waals surface area contributed by atoms with Crippen molar-refractivity contribution in [1.29, 1.82) is 0 Å². The molecule has 16 heteroatoms. The minimum Gasteiger partial charge on any atom is -0.330 e. The van der Waals surface area contributed by atoms with Gasteiger partial charge in [0.05, 0.1) is 39.7 Å². The van der Waals surface area contributed by atoms with E-state index in [-0.39, 0.29) is 35.8 Å². The van der Waals surface area contributed by atoms with Gasteiger partial charge in [-0.3, -0.25) is 14.4 Å². The number of rotatable bonds is 3. The van der Waals surface area contributed by atoms with Crippen molar-refractivity contribution < 1.29 is 14.4 Å². The Morgan fingerprint density at radius 1 is 0.500 bits per heavy atom. The lowest BCUT2D eigenvalue weighted by Gasteiger charge is -2.35. The number of halogens is 4. The number of hydrogen-bond acceptors (Lipinski definition) is 6. The molecule has 0 radical (unpaired) electrons. The van der Waals surface area contributed by atoms with Gasteiger partial charge in [0.25, 0.3) is 17.7 Å². The highest BCUT2D eigenvalue weighted by Crippen LogP contribution is 2.35. The van der Waals surface area contributed by atoms with Crippen molar-refractivity contribution in [3.63, 3.8) is 0 Å². The largest absolute Gasteiger partial charge is 0.330 e. The van der Waals surface area contributed by atoms with Gasteiger partial charge in [0, 0.05) is 52.2 Å². The van der Waals surface area contributed by atoms with Crippen LogP contribution in [0.4, 0.5) is 0 Å². The summed E-state index contributed by atoms with van der Waals surface area (Å²) in [6.07, 6.45) is 8.04. The molecular weight excluding hydrogens is 1080 g/mol. The van der Waals surface area contributed by atoms with Gasteiger partial charge in [-0.05, 0) is 191 Å². The SMILES string of the molecule is CC1c2cc(Cl)ccc2CCN1C(=O)c1cc2ccc(Cl)cn2n1.Cc1ccc2c(c1)C(C)N(C(=O)c1cc3ccc(Br)cn3n1)CC2.Cc1cccc2c1CCN(C(=O)c1cc3ccc(Br)cn3n1)C2C. The molecule has 0 bridgehead atoms. The molecule has 0 aliphatic carbocycles. The molecule has 0 saturated heterocycles. The van der Waals surface area contributed by atoms with Crippen molar-refractivity contribution in [1.82, 2.24) is 43.5 Å². The van der Waals surface area contributed by atoms with Gasteiger partial charge < -0.3 is 14.7 Å². The Bertz CT molecular complexity index is 3300. The predicted molar refractivity (Wildman–Crippen MR) is 289 cm³/mol. The van der Waals surface area contributed by atoms with Crippen LogP contribution in [0.1, 0.15) is 115 Å². The van der Waals surface area contributed by atoms with Gasteiger partial charge in [-0.25, -0.2) is 13.5 Å². The lowest BCUT2D eigenvalue weighted by molar-refractivity contribution is 0.0663. The molecule has 72 heavy (non-hydrogen) atoms. The molecule has 3 unspecified atom stereocenters. The Hall–Kier alpha value is -6.32. The fraction of sp³-hybridized carbons (Fsp3) is 0.250. The average molecular weight is 1130 g/mol. The molecule has 0 spiro atoms. The number of carbonyl (C=O) groups is 3. The summed E-state index contributed by atoms with van der Waals surface area (Å²) in [5, 5.41) is 14.6. The Morgan fingerprint density at radius 2 is 0.944 bits per heavy atom. The van der Waals surface area contributed by atoms with Gasteiger partial charge in [0.15, 0.2) is 17.1 Å². The zero-order valence-electron chi connectivity index (χ0n) is 40.4. The summed E-state index contributed by atoms with van der Waals surface area (Å²) in [5.74, 6) is -0.0862. The summed E-state index contributed by atoms with van der Waals surface area (Å²) < 4.78 is 6.99. The number of nitrogens with zero attached hydrogens (tertiary/aromatic N) is 9. The van der Waals surface area contributed by atoms with Gasteiger partial charge in [-0.2, -0.15) is 15.3 Å². The van der Waals surface area contributed by atoms with E-state index in [1.807, 2.05) is 94.7 Å². The molecule has 0 N–H and O–H groups in total. The smallest absolute Gasteiger partial charge is 0.274 e. The summed E-state index contributed by atoms with van der Waals surface area (Å²) in [6.45, 7) is 12.6. The number of aromatic nitrogens is 6. The second-order valence-corrected chi connectivity index (χ2v) is 21.4. The van der Waals surface area contributed by atoms with E-state index < -0.39 is 0 Å². The summed E-state index contributed by atoms with van der Waals surface area (Å²) in [5.41, 5.74) is 14.2. The van der Waals surface area contributed by atoms with E-state index >= 15 is 0 Å². The number of hydrogen-bond donors (Lipinski definition) is 0. The fourth-order valence-corrected chi connectivity index (χ4v) is 11.2. The zero-order valence-corrected chi connectivity index (χ0v) is 45.0. The summed E-state index contributed by atoms with van der Waals surface area (Å²) in [4.78, 5) is 44.6. The van der Waals surface area contributed by atoms with Gasteiger partial charge in [-0.15, -0.1) is 0 Å². The normalized spacial score (nSPS) is 17.1. The average Bonchev–Trinajstić information content (AvgIpc) is 4.12. The summed E-state index contributed by atoms with van der Waals surface area (Å²) in [7, 11) is 0. The molecule has 3 amide bonds. The van der Waals surface area contributed by atoms with Gasteiger partial charge in [-0.1, -0.05) is 71.2 Å². The number of amides is 3. The highest BCUT2D eigenvalue weighted by Gasteiger charge is 2.33. The van der Waals surface area contributed by atoms with Crippen LogP contribution in [0, 0.1) is 13.8 Å². The molecule has 9 aromatic rings. The molecule has 3 aliphatic rings. The monoisotopic (exact) mass is 1130 g/mol. The van der Waals surface area contributed by atoms with E-state index in [0.29, 0.717) is 33.7 Å². The van der Waals surface area contributed by atoms with Crippen LogP contribution in [0.2, 0.25) is 10.0 Å². The van der Waals surface area contributed by atoms with Crippen molar-refractivity contribution in [2.45, 2.75) is 72.0 Å². The molecule has 12 nitrogen and oxygen atoms in total. The number of aryl methyl sites for hydroxylation is 2. The number of fused-ring (bicyclic) bond motifs is 6. The third kappa shape index (κ3) is 9.81. The van der Waals surface area contributed by atoms with Crippen LogP contribution >= 0.6 is 55.1 Å². The maximum absolute atomic E-state index is 13.0. The Labute approximate surface area is 444 Å². The highest BCUT2D eigenvalue weighted by molar-refractivity contribution is 9.10. The summed E-state index contributed by atoms with van der Waals surface area (Å²) in [6, 6.07) is 35.8. The second kappa shape index (κ2) is 20.3. The highest BCUT2D eigenvalue weighted by atomic mass is 79.9. The minimum atomic E-state index is -0.0760. The van der Waals surface area contributed by atoms with E-state index in [1.165, 1.54) is 38.9 Å². The Balaban J connectivity index is 0.000000124. The van der Waals surface area contributed by atoms with E-state index in [1.54, 1.807) is 31.9 Å². The first-order valence-electron chi connectivity index (χ1n) is 23.9. The molecule has 3 aliphatic heterocycles. The van der Waals surface area contributed by atoms with E-state index in [2.05, 4.69) is 111 Å². The lowest BCUT2D eigenvalue weighted by Crippen LogP contribution is -2.39. The van der Waals surface area contributed by atoms with Gasteiger partial charge in [0.2, 0.25) is 0 Å². The van der Waals surface area contributed by atoms with Crippen molar-refractivity contribution in [3.05, 3.63) is 208 Å². The molecule has 12 rings (SSSR count). The standard InChI is InChI=1S/2C19H18BrN3O.C18H15Cl2N3O/c1-12-3-4-14-7-8-22(13(2)17(14)9-12)19(24)18-10-16-6-5-15(20)11-23(16)21-18;1-12-4-3-5-17-13(2)22(9-8-16(12)17)19(24)18-10-15-7-6-14(20)11-23(15)21-18;1-11-16-8-13(19)3-2-12(16)6-7-22(11)18(24)17-9-15-5-4-14(20)10-23(15)21-17/h3-6,9-11,13H,7-8H2,1-2H3;3-7,10-11,13H,8-9H2,1-2H3;2-5,8-11H,6-7H2,1H3. The number of pyridine rings is 3. The zero-order chi connectivity index (χ0) is 50.5. The van der Waals surface area contributed by atoms with Crippen LogP contribution in [0.25, 0.3) is 16.6 Å². The van der Waals surface area contributed by atoms with Gasteiger partial charge in [0.1, 0.15) is 0 Å². The van der Waals surface area contributed by atoms with E-state index in [4.69, 9.17) is 23.2 Å². The molecule has 3 atom stereocenters. The van der Waals surface area contributed by atoms with Crippen molar-refractivity contribution >= 4 is 89.3 Å². The number of benzene rings is 3. The molecule has 6 aromatic heterocycles. The first-order chi connectivity index (χ1) is 34.6. The quantitative estimate of drug-likeness (QED) is 0.174. The number of carbonyl (C=O) groups excluding carboxylic acids is 3. The maximum atomic E-state index is 13.0. The Kier molecular flexibility index (Phi) is 13.9. The van der Waals surface area contributed by atoms with Crippen LogP contribution in [-0.4, -0.2) is 80.9 Å². The topological polar surface area (TPSA) is 113 Å². The van der Waals surface area contributed by atoms with Crippen LogP contribution in [0.15, 0.2) is 137 Å². The van der Waals surface area contributed by atoms with Gasteiger partial charge >= 0.3 is 0 Å². The summed E-state index contributed by atoms with van der Waals surface area (Å²) >= 11 is 19.0. The van der Waals surface area contributed by atoms with E-state index in [9.17, 15) is 14.4 Å². The fourth-order valence-electron chi connectivity index (χ4n) is 10.2. The molecule has 9 heterocycles. The Morgan fingerprint density at radius 3 is 1.49 bits per heavy atom. The van der Waals surface area contributed by atoms with E-state index in [0.717, 1.165) is 63.4 Å². The predicted octanol–water partition coefficient (Wildman–Crippen LogP) is 12.7. The van der Waals surface area contributed by atoms with Crippen molar-refractivity contribution in [2.24, 2.45) is 0 Å². The molecule has 3 aromatic carbocycles. The first-order valence-corrected chi connectivity index (χ1v) is 26.3. The van der Waals surface area contributed by atoms with Crippen LogP contribution in [-0.2, 0) is 19.3 Å². The molecule has 0 fully saturated rings.